The molecule has 0 radical (unpaired) electrons. The Balaban J connectivity index is 1.81. The van der Waals surface area contributed by atoms with Gasteiger partial charge in [-0.05, 0) is 41.8 Å². The minimum atomic E-state index is -0.945. The maximum atomic E-state index is 13.6. The summed E-state index contributed by atoms with van der Waals surface area (Å²) in [7, 11) is 3.00. The molecular formula is C25H21Cl2F2N3O4. The van der Waals surface area contributed by atoms with Crippen molar-refractivity contribution in [3.63, 3.8) is 0 Å². The van der Waals surface area contributed by atoms with Gasteiger partial charge in [-0.1, -0.05) is 35.3 Å². The average molecular weight is 536 g/mol. The number of rotatable bonds is 5. The Hall–Kier alpha value is -3.43. The first-order valence-corrected chi connectivity index (χ1v) is 11.6. The maximum Gasteiger partial charge on any atom is 0.294 e. The number of nitrogens with zero attached hydrogens (tertiary/aromatic N) is 3. The summed E-state index contributed by atoms with van der Waals surface area (Å²) in [6, 6.07) is 7.94. The van der Waals surface area contributed by atoms with Crippen molar-refractivity contribution in [2.24, 2.45) is 0 Å². The number of carbonyl (C=O) groups is 2. The summed E-state index contributed by atoms with van der Waals surface area (Å²) < 4.78 is 28.2. The highest BCUT2D eigenvalue weighted by atomic mass is 35.5. The van der Waals surface area contributed by atoms with Crippen LogP contribution in [0.25, 0.3) is 0 Å². The largest absolute Gasteiger partial charge is 0.502 e. The summed E-state index contributed by atoms with van der Waals surface area (Å²) in [5.74, 6) is -3.21. The maximum absolute atomic E-state index is 13.6. The lowest BCUT2D eigenvalue weighted by Crippen LogP contribution is -2.42. The van der Waals surface area contributed by atoms with Crippen molar-refractivity contribution in [3.8, 4) is 5.75 Å². The molecular weight excluding hydrogens is 515 g/mol. The van der Waals surface area contributed by atoms with E-state index in [0.717, 1.165) is 10.6 Å². The van der Waals surface area contributed by atoms with Gasteiger partial charge in [0.15, 0.2) is 5.75 Å². The van der Waals surface area contributed by atoms with E-state index in [4.69, 9.17) is 23.2 Å². The molecule has 0 saturated heterocycles. The molecule has 0 unspecified atom stereocenters. The first-order chi connectivity index (χ1) is 17.0. The number of amides is 2. The van der Waals surface area contributed by atoms with E-state index in [9.17, 15) is 28.3 Å². The van der Waals surface area contributed by atoms with Gasteiger partial charge < -0.3 is 14.9 Å². The average Bonchev–Trinajstić information content (AvgIpc) is 2.83. The van der Waals surface area contributed by atoms with Crippen molar-refractivity contribution in [3.05, 3.63) is 96.4 Å². The van der Waals surface area contributed by atoms with Gasteiger partial charge in [0.1, 0.15) is 17.3 Å². The van der Waals surface area contributed by atoms with Crippen molar-refractivity contribution in [1.29, 1.82) is 0 Å². The fourth-order valence-corrected chi connectivity index (χ4v) is 4.58. The Morgan fingerprint density at radius 2 is 1.56 bits per heavy atom. The molecule has 1 aromatic heterocycles. The van der Waals surface area contributed by atoms with E-state index in [1.165, 1.54) is 54.2 Å². The molecule has 7 nitrogen and oxygen atoms in total. The second-order valence-corrected chi connectivity index (χ2v) is 9.43. The Labute approximate surface area is 215 Å². The van der Waals surface area contributed by atoms with Crippen molar-refractivity contribution in [1.82, 2.24) is 14.4 Å². The SMILES string of the molecule is CN(C)C(=O)c1c2c(c(O)c(=O)n1Cc1ccc(F)c(Cl)c1)C(=O)N(Cc1ccc(F)c(Cl)c1)CC2. The highest BCUT2D eigenvalue weighted by Crippen LogP contribution is 2.30. The van der Waals surface area contributed by atoms with Crippen LogP contribution in [0.3, 0.4) is 0 Å². The lowest BCUT2D eigenvalue weighted by atomic mass is 9.95. The van der Waals surface area contributed by atoms with Crippen LogP contribution in [-0.2, 0) is 19.5 Å². The smallest absolute Gasteiger partial charge is 0.294 e. The molecule has 1 N–H and O–H groups in total. The number of fused-ring (bicyclic) bond motifs is 1. The molecule has 3 aromatic rings. The molecule has 0 atom stereocenters. The van der Waals surface area contributed by atoms with Gasteiger partial charge in [0.05, 0.1) is 22.2 Å². The van der Waals surface area contributed by atoms with Crippen LogP contribution in [-0.4, -0.2) is 51.9 Å². The zero-order valence-electron chi connectivity index (χ0n) is 19.3. The number of carbonyl (C=O) groups excluding carboxylic acids is 2. The van der Waals surface area contributed by atoms with Crippen LogP contribution in [0.15, 0.2) is 41.2 Å². The quantitative estimate of drug-likeness (QED) is 0.533. The van der Waals surface area contributed by atoms with E-state index in [-0.39, 0.29) is 52.9 Å². The van der Waals surface area contributed by atoms with Gasteiger partial charge in [0.2, 0.25) is 0 Å². The van der Waals surface area contributed by atoms with Crippen molar-refractivity contribution in [2.75, 3.05) is 20.6 Å². The highest BCUT2D eigenvalue weighted by molar-refractivity contribution is 6.31. The van der Waals surface area contributed by atoms with Gasteiger partial charge in [0.25, 0.3) is 17.4 Å². The number of hydrogen-bond donors (Lipinski definition) is 1. The summed E-state index contributed by atoms with van der Waals surface area (Å²) in [6.45, 7) is 0.0565. The van der Waals surface area contributed by atoms with Crippen LogP contribution in [0, 0.1) is 11.6 Å². The molecule has 2 amide bonds. The highest BCUT2D eigenvalue weighted by Gasteiger charge is 2.35. The Bertz CT molecular complexity index is 1460. The second-order valence-electron chi connectivity index (χ2n) is 8.62. The summed E-state index contributed by atoms with van der Waals surface area (Å²) >= 11 is 11.7. The van der Waals surface area contributed by atoms with Gasteiger partial charge in [-0.2, -0.15) is 0 Å². The van der Waals surface area contributed by atoms with E-state index in [1.54, 1.807) is 0 Å². The number of aromatic nitrogens is 1. The number of aromatic hydroxyl groups is 1. The third kappa shape index (κ3) is 4.68. The topological polar surface area (TPSA) is 82.9 Å². The molecule has 188 valence electrons. The molecule has 2 heterocycles. The molecule has 0 fully saturated rings. The number of hydrogen-bond acceptors (Lipinski definition) is 4. The third-order valence-corrected chi connectivity index (χ3v) is 6.55. The minimum Gasteiger partial charge on any atom is -0.502 e. The van der Waals surface area contributed by atoms with Crippen LogP contribution in [0.1, 0.15) is 37.5 Å². The number of pyridine rings is 1. The molecule has 0 saturated carbocycles. The van der Waals surface area contributed by atoms with Crippen molar-refractivity contribution < 1.29 is 23.5 Å². The molecule has 1 aliphatic rings. The normalized spacial score (nSPS) is 13.1. The summed E-state index contributed by atoms with van der Waals surface area (Å²) in [6.07, 6.45) is 0.170. The number of benzene rings is 2. The first kappa shape index (κ1) is 25.7. The number of halogens is 4. The van der Waals surface area contributed by atoms with E-state index in [2.05, 4.69) is 0 Å². The molecule has 2 aromatic carbocycles. The molecule has 36 heavy (non-hydrogen) atoms. The minimum absolute atomic E-state index is 0.0453. The fourth-order valence-electron chi connectivity index (χ4n) is 4.18. The molecule has 0 spiro atoms. The standard InChI is InChI=1S/C25H21Cl2F2N3O4/c1-30(2)24(35)21-15-7-8-31(11-13-3-5-18(28)16(26)9-13)23(34)20(15)22(33)25(36)32(21)12-14-4-6-19(29)17(27)10-14/h3-6,9-10,33H,7-8,11-12H2,1-2H3. The molecule has 4 rings (SSSR count). The third-order valence-electron chi connectivity index (χ3n) is 5.97. The van der Waals surface area contributed by atoms with Crippen molar-refractivity contribution >= 4 is 35.0 Å². The fraction of sp³-hybridized carbons (Fsp3) is 0.240. The predicted octanol–water partition coefficient (Wildman–Crippen LogP) is 4.09. The van der Waals surface area contributed by atoms with Gasteiger partial charge in [-0.25, -0.2) is 8.78 Å². The van der Waals surface area contributed by atoms with E-state index in [1.807, 2.05) is 0 Å². The van der Waals surface area contributed by atoms with Crippen LogP contribution >= 0.6 is 23.2 Å². The van der Waals surface area contributed by atoms with E-state index in [0.29, 0.717) is 11.1 Å². The Kier molecular flexibility index (Phi) is 7.06. The van der Waals surface area contributed by atoms with Gasteiger partial charge in [0, 0.05) is 32.7 Å². The van der Waals surface area contributed by atoms with Gasteiger partial charge in [-0.15, -0.1) is 0 Å². The van der Waals surface area contributed by atoms with Gasteiger partial charge in [-0.3, -0.25) is 19.0 Å². The lowest BCUT2D eigenvalue weighted by molar-refractivity contribution is 0.0720. The zero-order chi connectivity index (χ0) is 26.3. The Morgan fingerprint density at radius 3 is 2.08 bits per heavy atom. The summed E-state index contributed by atoms with van der Waals surface area (Å²) in [5, 5.41) is 10.6. The van der Waals surface area contributed by atoms with Crippen molar-refractivity contribution in [2.45, 2.75) is 19.5 Å². The Morgan fingerprint density at radius 1 is 1.00 bits per heavy atom. The molecule has 0 aliphatic carbocycles. The van der Waals surface area contributed by atoms with Crippen LogP contribution in [0.2, 0.25) is 10.0 Å². The van der Waals surface area contributed by atoms with Crippen LogP contribution in [0.5, 0.6) is 5.75 Å². The lowest BCUT2D eigenvalue weighted by Gasteiger charge is -2.31. The van der Waals surface area contributed by atoms with Gasteiger partial charge >= 0.3 is 0 Å². The van der Waals surface area contributed by atoms with E-state index < -0.39 is 34.8 Å². The monoisotopic (exact) mass is 535 g/mol. The molecule has 0 bridgehead atoms. The molecule has 1 aliphatic heterocycles. The zero-order valence-corrected chi connectivity index (χ0v) is 20.8. The first-order valence-electron chi connectivity index (χ1n) is 10.9. The van der Waals surface area contributed by atoms with Crippen LogP contribution < -0.4 is 5.56 Å². The predicted molar refractivity (Wildman–Crippen MR) is 131 cm³/mol. The van der Waals surface area contributed by atoms with Crippen LogP contribution in [0.4, 0.5) is 8.78 Å². The molecule has 11 heteroatoms. The van der Waals surface area contributed by atoms with E-state index >= 15 is 0 Å². The second kappa shape index (κ2) is 9.91. The summed E-state index contributed by atoms with van der Waals surface area (Å²) in [4.78, 5) is 42.4. The summed E-state index contributed by atoms with van der Waals surface area (Å²) in [5.41, 5.74) is -0.0256.